The molecule has 1 nitrogen and oxygen atoms in total. The van der Waals surface area contributed by atoms with Gasteiger partial charge in [-0.3, -0.25) is 0 Å². The second-order valence-electron chi connectivity index (χ2n) is 4.00. The fourth-order valence-corrected chi connectivity index (χ4v) is 2.15. The summed E-state index contributed by atoms with van der Waals surface area (Å²) in [5.41, 5.74) is 1.08. The van der Waals surface area contributed by atoms with Crippen molar-refractivity contribution in [3.05, 3.63) is 33.8 Å². The number of hydrogen-bond donors (Lipinski definition) is 1. The van der Waals surface area contributed by atoms with E-state index in [1.54, 1.807) is 6.07 Å². The number of rotatable bonds is 6. The largest absolute Gasteiger partial charge is 0.313 e. The summed E-state index contributed by atoms with van der Waals surface area (Å²) in [6, 6.07) is 5.86. The quantitative estimate of drug-likeness (QED) is 0.772. The van der Waals surface area contributed by atoms with Crippen LogP contribution in [0.4, 0.5) is 0 Å². The molecule has 0 saturated carbocycles. The molecule has 0 aromatic heterocycles. The van der Waals surface area contributed by atoms with Crippen LogP contribution < -0.4 is 5.32 Å². The highest BCUT2D eigenvalue weighted by Gasteiger charge is 2.10. The summed E-state index contributed by atoms with van der Waals surface area (Å²) in [5.74, 6) is 2.70. The standard InChI is InChI=1S/C14H17Cl2N/c1-3-5-13(17-8-4-2)9-11-6-7-12(15)10-14(11)16/h1,6-7,10,13,17H,4-5,8-9H2,2H3. The van der Waals surface area contributed by atoms with E-state index >= 15 is 0 Å². The summed E-state index contributed by atoms with van der Waals surface area (Å²) in [6.07, 6.45) is 8.01. The molecule has 0 aliphatic heterocycles. The third-order valence-electron chi connectivity index (χ3n) is 2.53. The molecular weight excluding hydrogens is 253 g/mol. The molecule has 1 atom stereocenters. The van der Waals surface area contributed by atoms with Crippen molar-refractivity contribution >= 4 is 23.2 Å². The predicted molar refractivity (Wildman–Crippen MR) is 75.7 cm³/mol. The zero-order valence-corrected chi connectivity index (χ0v) is 11.5. The van der Waals surface area contributed by atoms with Crippen LogP contribution >= 0.6 is 23.2 Å². The van der Waals surface area contributed by atoms with Gasteiger partial charge in [0, 0.05) is 22.5 Å². The Morgan fingerprint density at radius 2 is 2.18 bits per heavy atom. The number of nitrogens with one attached hydrogen (secondary N) is 1. The normalized spacial score (nSPS) is 12.1. The average molecular weight is 270 g/mol. The van der Waals surface area contributed by atoms with E-state index in [1.807, 2.05) is 12.1 Å². The van der Waals surface area contributed by atoms with E-state index in [2.05, 4.69) is 18.2 Å². The first kappa shape index (κ1) is 14.4. The zero-order valence-electron chi connectivity index (χ0n) is 9.97. The molecular formula is C14H17Cl2N. The Morgan fingerprint density at radius 3 is 2.76 bits per heavy atom. The molecule has 1 aromatic carbocycles. The first-order chi connectivity index (χ1) is 8.17. The van der Waals surface area contributed by atoms with Crippen molar-refractivity contribution < 1.29 is 0 Å². The Kier molecular flexibility index (Phi) is 6.44. The van der Waals surface area contributed by atoms with Crippen molar-refractivity contribution in [3.8, 4) is 12.3 Å². The van der Waals surface area contributed by atoms with Gasteiger partial charge in [0.15, 0.2) is 0 Å². The van der Waals surface area contributed by atoms with Gasteiger partial charge in [-0.25, -0.2) is 0 Å². The Labute approximate surface area is 114 Å². The van der Waals surface area contributed by atoms with Crippen molar-refractivity contribution in [2.24, 2.45) is 0 Å². The van der Waals surface area contributed by atoms with Gasteiger partial charge in [0.05, 0.1) is 0 Å². The fraction of sp³-hybridized carbons (Fsp3) is 0.429. The van der Waals surface area contributed by atoms with Crippen LogP contribution in [0.15, 0.2) is 18.2 Å². The molecule has 0 fully saturated rings. The minimum Gasteiger partial charge on any atom is -0.313 e. The van der Waals surface area contributed by atoms with Crippen molar-refractivity contribution in [3.63, 3.8) is 0 Å². The van der Waals surface area contributed by atoms with Crippen molar-refractivity contribution in [2.75, 3.05) is 6.54 Å². The Bertz CT molecular complexity index is 396. The summed E-state index contributed by atoms with van der Waals surface area (Å²) in [4.78, 5) is 0. The Morgan fingerprint density at radius 1 is 1.41 bits per heavy atom. The molecule has 0 heterocycles. The highest BCUT2D eigenvalue weighted by Crippen LogP contribution is 2.22. The van der Waals surface area contributed by atoms with Crippen LogP contribution in [0.1, 0.15) is 25.3 Å². The second kappa shape index (κ2) is 7.61. The van der Waals surface area contributed by atoms with E-state index in [-0.39, 0.29) is 6.04 Å². The van der Waals surface area contributed by atoms with E-state index in [1.165, 1.54) is 0 Å². The summed E-state index contributed by atoms with van der Waals surface area (Å²) in [5, 5.41) is 4.79. The lowest BCUT2D eigenvalue weighted by Gasteiger charge is -2.16. The van der Waals surface area contributed by atoms with Gasteiger partial charge in [0.1, 0.15) is 0 Å². The van der Waals surface area contributed by atoms with Gasteiger partial charge in [-0.15, -0.1) is 12.3 Å². The molecule has 0 amide bonds. The summed E-state index contributed by atoms with van der Waals surface area (Å²) in [6.45, 7) is 3.10. The third kappa shape index (κ3) is 5.00. The van der Waals surface area contributed by atoms with Gasteiger partial charge >= 0.3 is 0 Å². The SMILES string of the molecule is C#CCC(Cc1ccc(Cl)cc1Cl)NCCC. The number of halogens is 2. The lowest BCUT2D eigenvalue weighted by Crippen LogP contribution is -2.31. The molecule has 0 saturated heterocycles. The molecule has 1 unspecified atom stereocenters. The van der Waals surface area contributed by atoms with E-state index in [4.69, 9.17) is 29.6 Å². The van der Waals surface area contributed by atoms with Crippen LogP contribution in [-0.4, -0.2) is 12.6 Å². The Balaban J connectivity index is 2.68. The number of terminal acetylenes is 1. The molecule has 3 heteroatoms. The second-order valence-corrected chi connectivity index (χ2v) is 4.84. The molecule has 0 aliphatic carbocycles. The van der Waals surface area contributed by atoms with Gasteiger partial charge < -0.3 is 5.32 Å². The predicted octanol–water partition coefficient (Wildman–Crippen LogP) is 3.93. The van der Waals surface area contributed by atoms with Crippen molar-refractivity contribution in [2.45, 2.75) is 32.2 Å². The van der Waals surface area contributed by atoms with E-state index in [9.17, 15) is 0 Å². The summed E-state index contributed by atoms with van der Waals surface area (Å²) in [7, 11) is 0. The lowest BCUT2D eigenvalue weighted by molar-refractivity contribution is 0.517. The average Bonchev–Trinajstić information content (AvgIpc) is 2.29. The maximum absolute atomic E-state index is 6.14. The highest BCUT2D eigenvalue weighted by atomic mass is 35.5. The minimum atomic E-state index is 0.277. The minimum absolute atomic E-state index is 0.277. The molecule has 1 rings (SSSR count). The number of hydrogen-bond acceptors (Lipinski definition) is 1. The molecule has 17 heavy (non-hydrogen) atoms. The molecule has 0 aliphatic rings. The molecule has 0 spiro atoms. The molecule has 92 valence electrons. The highest BCUT2D eigenvalue weighted by molar-refractivity contribution is 6.35. The van der Waals surface area contributed by atoms with Gasteiger partial charge in [-0.05, 0) is 37.1 Å². The molecule has 1 aromatic rings. The zero-order chi connectivity index (χ0) is 12.7. The van der Waals surface area contributed by atoms with E-state index in [0.717, 1.165) is 24.9 Å². The van der Waals surface area contributed by atoms with Crippen LogP contribution in [-0.2, 0) is 6.42 Å². The van der Waals surface area contributed by atoms with Gasteiger partial charge in [0.2, 0.25) is 0 Å². The van der Waals surface area contributed by atoms with Crippen LogP contribution in [0.2, 0.25) is 10.0 Å². The van der Waals surface area contributed by atoms with Gasteiger partial charge in [-0.1, -0.05) is 36.2 Å². The molecule has 0 bridgehead atoms. The lowest BCUT2D eigenvalue weighted by atomic mass is 10.0. The Hall–Kier alpha value is -0.680. The monoisotopic (exact) mass is 269 g/mol. The molecule has 1 N–H and O–H groups in total. The third-order valence-corrected chi connectivity index (χ3v) is 3.12. The summed E-state index contributed by atoms with van der Waals surface area (Å²) < 4.78 is 0. The van der Waals surface area contributed by atoms with E-state index in [0.29, 0.717) is 16.5 Å². The summed E-state index contributed by atoms with van der Waals surface area (Å²) >= 11 is 12.0. The maximum Gasteiger partial charge on any atom is 0.0453 e. The fourth-order valence-electron chi connectivity index (χ4n) is 1.66. The van der Waals surface area contributed by atoms with Crippen LogP contribution in [0, 0.1) is 12.3 Å². The van der Waals surface area contributed by atoms with Crippen molar-refractivity contribution in [1.82, 2.24) is 5.32 Å². The first-order valence-corrected chi connectivity index (χ1v) is 6.53. The van der Waals surface area contributed by atoms with Crippen LogP contribution in [0.3, 0.4) is 0 Å². The first-order valence-electron chi connectivity index (χ1n) is 5.78. The number of benzene rings is 1. The van der Waals surface area contributed by atoms with Crippen molar-refractivity contribution in [1.29, 1.82) is 0 Å². The smallest absolute Gasteiger partial charge is 0.0453 e. The van der Waals surface area contributed by atoms with Crippen LogP contribution in [0.5, 0.6) is 0 Å². The topological polar surface area (TPSA) is 12.0 Å². The molecule has 0 radical (unpaired) electrons. The van der Waals surface area contributed by atoms with Gasteiger partial charge in [0.25, 0.3) is 0 Å². The van der Waals surface area contributed by atoms with E-state index < -0.39 is 0 Å². The maximum atomic E-state index is 6.14. The van der Waals surface area contributed by atoms with Crippen LogP contribution in [0.25, 0.3) is 0 Å². The van der Waals surface area contributed by atoms with Gasteiger partial charge in [-0.2, -0.15) is 0 Å².